The van der Waals surface area contributed by atoms with Gasteiger partial charge in [0.15, 0.2) is 0 Å². The number of epoxide rings is 2. The van der Waals surface area contributed by atoms with Crippen molar-refractivity contribution in [2.45, 2.75) is 82.8 Å². The Morgan fingerprint density at radius 1 is 0.529 bits per heavy atom. The van der Waals surface area contributed by atoms with Gasteiger partial charge in [0.2, 0.25) is 0 Å². The van der Waals surface area contributed by atoms with E-state index in [4.69, 9.17) is 9.47 Å². The van der Waals surface area contributed by atoms with Crippen LogP contribution < -0.4 is 0 Å². The maximum atomic E-state index is 5.20. The Labute approximate surface area is 106 Å². The smallest absolute Gasteiger partial charge is 0.0810 e. The monoisotopic (exact) mass is 240 g/mol. The second-order valence-electron chi connectivity index (χ2n) is 5.67. The number of hydrogen-bond donors (Lipinski definition) is 0. The Bertz CT molecular complexity index is 165. The van der Waals surface area contributed by atoms with Gasteiger partial charge in [0, 0.05) is 0 Å². The fourth-order valence-electron chi connectivity index (χ4n) is 2.45. The first kappa shape index (κ1) is 13.4. The molecule has 0 bridgehead atoms. The summed E-state index contributed by atoms with van der Waals surface area (Å²) in [6.07, 6.45) is 16.7. The highest BCUT2D eigenvalue weighted by molar-refractivity contribution is 4.68. The van der Waals surface area contributed by atoms with Crippen LogP contribution in [0.15, 0.2) is 0 Å². The highest BCUT2D eigenvalue weighted by Crippen LogP contribution is 2.19. The Hall–Kier alpha value is -0.0800. The van der Waals surface area contributed by atoms with Gasteiger partial charge in [-0.25, -0.2) is 0 Å². The number of rotatable bonds is 12. The van der Waals surface area contributed by atoms with Gasteiger partial charge in [-0.2, -0.15) is 0 Å². The van der Waals surface area contributed by atoms with Crippen LogP contribution in [-0.4, -0.2) is 25.4 Å². The molecule has 2 aliphatic rings. The zero-order chi connectivity index (χ0) is 11.8. The van der Waals surface area contributed by atoms with E-state index in [1.165, 1.54) is 70.6 Å². The van der Waals surface area contributed by atoms with Gasteiger partial charge in [-0.1, -0.05) is 57.8 Å². The van der Waals surface area contributed by atoms with Crippen molar-refractivity contribution in [3.05, 3.63) is 0 Å². The van der Waals surface area contributed by atoms with Crippen LogP contribution in [0.5, 0.6) is 0 Å². The van der Waals surface area contributed by atoms with E-state index in [1.807, 2.05) is 0 Å². The molecular weight excluding hydrogens is 212 g/mol. The molecule has 0 saturated carbocycles. The Balaban J connectivity index is 1.20. The van der Waals surface area contributed by atoms with Gasteiger partial charge in [-0.15, -0.1) is 0 Å². The lowest BCUT2D eigenvalue weighted by Crippen LogP contribution is -1.87. The van der Waals surface area contributed by atoms with Crippen molar-refractivity contribution in [1.29, 1.82) is 0 Å². The van der Waals surface area contributed by atoms with Crippen molar-refractivity contribution in [2.24, 2.45) is 0 Å². The van der Waals surface area contributed by atoms with Gasteiger partial charge >= 0.3 is 0 Å². The zero-order valence-corrected chi connectivity index (χ0v) is 11.2. The van der Waals surface area contributed by atoms with Gasteiger partial charge in [-0.05, 0) is 12.8 Å². The molecule has 2 aliphatic heterocycles. The standard InChI is InChI=1S/C15H28O2/c1(2-4-6-8-10-14-12-16-14)3-5-7-9-11-15-13-17-15/h14-15H,1-13H2. The van der Waals surface area contributed by atoms with E-state index < -0.39 is 0 Å². The summed E-state index contributed by atoms with van der Waals surface area (Å²) >= 11 is 0. The van der Waals surface area contributed by atoms with E-state index in [0.717, 1.165) is 13.2 Å². The summed E-state index contributed by atoms with van der Waals surface area (Å²) in [5, 5.41) is 0. The lowest BCUT2D eigenvalue weighted by Gasteiger charge is -2.01. The minimum Gasteiger partial charge on any atom is -0.373 e. The highest BCUT2D eigenvalue weighted by Gasteiger charge is 2.21. The predicted molar refractivity (Wildman–Crippen MR) is 70.3 cm³/mol. The average Bonchev–Trinajstić information content (AvgIpc) is 3.19. The van der Waals surface area contributed by atoms with Gasteiger partial charge in [0.25, 0.3) is 0 Å². The van der Waals surface area contributed by atoms with Crippen molar-refractivity contribution in [3.8, 4) is 0 Å². The Morgan fingerprint density at radius 3 is 1.12 bits per heavy atom. The molecule has 2 atom stereocenters. The van der Waals surface area contributed by atoms with Crippen LogP contribution in [0, 0.1) is 0 Å². The highest BCUT2D eigenvalue weighted by atomic mass is 16.6. The van der Waals surface area contributed by atoms with Crippen LogP contribution in [0.2, 0.25) is 0 Å². The van der Waals surface area contributed by atoms with Crippen LogP contribution >= 0.6 is 0 Å². The van der Waals surface area contributed by atoms with E-state index >= 15 is 0 Å². The van der Waals surface area contributed by atoms with Crippen molar-refractivity contribution in [3.63, 3.8) is 0 Å². The minimum absolute atomic E-state index is 0.644. The minimum atomic E-state index is 0.644. The molecule has 2 saturated heterocycles. The van der Waals surface area contributed by atoms with Gasteiger partial charge < -0.3 is 9.47 Å². The summed E-state index contributed by atoms with van der Waals surface area (Å²) in [5.74, 6) is 0. The molecule has 2 nitrogen and oxygen atoms in total. The number of hydrogen-bond acceptors (Lipinski definition) is 2. The average molecular weight is 240 g/mol. The molecule has 0 aromatic carbocycles. The first-order valence-corrected chi connectivity index (χ1v) is 7.68. The Morgan fingerprint density at radius 2 is 0.824 bits per heavy atom. The summed E-state index contributed by atoms with van der Waals surface area (Å²) in [5.41, 5.74) is 0. The maximum Gasteiger partial charge on any atom is 0.0810 e. The molecule has 0 aromatic heterocycles. The van der Waals surface area contributed by atoms with Crippen LogP contribution in [0.1, 0.15) is 70.6 Å². The van der Waals surface area contributed by atoms with Gasteiger partial charge in [0.1, 0.15) is 0 Å². The second kappa shape index (κ2) is 8.10. The molecule has 2 fully saturated rings. The van der Waals surface area contributed by atoms with Crippen LogP contribution in [0.4, 0.5) is 0 Å². The first-order chi connectivity index (χ1) is 8.45. The fraction of sp³-hybridized carbons (Fsp3) is 1.00. The predicted octanol–water partition coefficient (Wildman–Crippen LogP) is 4.08. The second-order valence-corrected chi connectivity index (χ2v) is 5.67. The van der Waals surface area contributed by atoms with E-state index in [2.05, 4.69) is 0 Å². The third-order valence-electron chi connectivity index (χ3n) is 3.86. The van der Waals surface area contributed by atoms with Crippen molar-refractivity contribution >= 4 is 0 Å². The molecule has 2 heterocycles. The van der Waals surface area contributed by atoms with E-state index in [1.54, 1.807) is 0 Å². The Kier molecular flexibility index (Phi) is 6.36. The fourth-order valence-corrected chi connectivity index (χ4v) is 2.45. The lowest BCUT2D eigenvalue weighted by atomic mass is 10.0. The first-order valence-electron chi connectivity index (χ1n) is 7.68. The normalized spacial score (nSPS) is 26.1. The third-order valence-corrected chi connectivity index (χ3v) is 3.86. The lowest BCUT2D eigenvalue weighted by molar-refractivity contribution is 0.386. The van der Waals surface area contributed by atoms with Crippen LogP contribution in [0.25, 0.3) is 0 Å². The van der Waals surface area contributed by atoms with Crippen molar-refractivity contribution < 1.29 is 9.47 Å². The molecule has 2 rings (SSSR count). The van der Waals surface area contributed by atoms with Crippen molar-refractivity contribution in [1.82, 2.24) is 0 Å². The largest absolute Gasteiger partial charge is 0.373 e. The van der Waals surface area contributed by atoms with Crippen molar-refractivity contribution in [2.75, 3.05) is 13.2 Å². The molecular formula is C15H28O2. The molecule has 100 valence electrons. The summed E-state index contributed by atoms with van der Waals surface area (Å²) < 4.78 is 10.4. The summed E-state index contributed by atoms with van der Waals surface area (Å²) in [6, 6.07) is 0. The van der Waals surface area contributed by atoms with Crippen LogP contribution in [0.3, 0.4) is 0 Å². The quantitative estimate of drug-likeness (QED) is 0.379. The molecule has 17 heavy (non-hydrogen) atoms. The molecule has 0 aromatic rings. The molecule has 2 unspecified atom stereocenters. The third kappa shape index (κ3) is 7.77. The molecule has 0 N–H and O–H groups in total. The van der Waals surface area contributed by atoms with Crippen LogP contribution in [-0.2, 0) is 9.47 Å². The molecule has 0 spiro atoms. The number of unbranched alkanes of at least 4 members (excludes halogenated alkanes) is 8. The number of ether oxygens (including phenoxy) is 2. The maximum absolute atomic E-state index is 5.20. The molecule has 2 heteroatoms. The van der Waals surface area contributed by atoms with Gasteiger partial charge in [-0.3, -0.25) is 0 Å². The van der Waals surface area contributed by atoms with E-state index in [0.29, 0.717) is 12.2 Å². The SMILES string of the molecule is C(CCCCCC1CO1)CCCCCC1CO1. The summed E-state index contributed by atoms with van der Waals surface area (Å²) in [6.45, 7) is 2.07. The molecule has 0 radical (unpaired) electrons. The summed E-state index contributed by atoms with van der Waals surface area (Å²) in [7, 11) is 0. The van der Waals surface area contributed by atoms with E-state index in [9.17, 15) is 0 Å². The zero-order valence-electron chi connectivity index (χ0n) is 11.2. The molecule has 0 amide bonds. The van der Waals surface area contributed by atoms with Gasteiger partial charge in [0.05, 0.1) is 25.4 Å². The van der Waals surface area contributed by atoms with E-state index in [-0.39, 0.29) is 0 Å². The topological polar surface area (TPSA) is 25.1 Å². The molecule has 0 aliphatic carbocycles. The summed E-state index contributed by atoms with van der Waals surface area (Å²) in [4.78, 5) is 0.